The molecular formula is C15H25NO4. The van der Waals surface area contributed by atoms with E-state index in [1.807, 2.05) is 6.92 Å². The first-order chi connectivity index (χ1) is 9.40. The van der Waals surface area contributed by atoms with E-state index >= 15 is 0 Å². The molecule has 1 amide bonds. The van der Waals surface area contributed by atoms with Gasteiger partial charge in [0.1, 0.15) is 5.60 Å². The summed E-state index contributed by atoms with van der Waals surface area (Å²) in [5.41, 5.74) is -1.30. The molecule has 0 spiro atoms. The van der Waals surface area contributed by atoms with Crippen LogP contribution in [0.5, 0.6) is 0 Å². The summed E-state index contributed by atoms with van der Waals surface area (Å²) in [5.74, 6) is -0.887. The zero-order valence-electron chi connectivity index (χ0n) is 12.5. The summed E-state index contributed by atoms with van der Waals surface area (Å²) in [7, 11) is 1.75. The quantitative estimate of drug-likeness (QED) is 0.859. The highest BCUT2D eigenvalue weighted by molar-refractivity contribution is 5.86. The topological polar surface area (TPSA) is 66.8 Å². The smallest absolute Gasteiger partial charge is 0.305 e. The third-order valence-corrected chi connectivity index (χ3v) is 4.95. The van der Waals surface area contributed by atoms with Gasteiger partial charge in [-0.05, 0) is 32.6 Å². The number of rotatable bonds is 4. The Hall–Kier alpha value is -1.10. The van der Waals surface area contributed by atoms with Crippen molar-refractivity contribution < 1.29 is 19.4 Å². The minimum Gasteiger partial charge on any atom is -0.481 e. The molecule has 0 aromatic rings. The Kier molecular flexibility index (Phi) is 4.37. The Morgan fingerprint density at radius 1 is 1.15 bits per heavy atom. The number of carbonyl (C=O) groups is 2. The second-order valence-electron chi connectivity index (χ2n) is 6.40. The molecule has 5 heteroatoms. The SMILES string of the molecule is CN(C(=O)C1(C)CCCO1)C1(CC(=O)O)CCCCC1. The van der Waals surface area contributed by atoms with E-state index in [0.717, 1.165) is 44.9 Å². The molecule has 1 atom stereocenters. The van der Waals surface area contributed by atoms with Crippen LogP contribution in [0.15, 0.2) is 0 Å². The number of nitrogens with zero attached hydrogens (tertiary/aromatic N) is 1. The maximum atomic E-state index is 12.8. The number of carbonyl (C=O) groups excluding carboxylic acids is 1. The van der Waals surface area contributed by atoms with Crippen molar-refractivity contribution in [2.75, 3.05) is 13.7 Å². The molecule has 1 unspecified atom stereocenters. The molecule has 1 aliphatic heterocycles. The molecule has 5 nitrogen and oxygen atoms in total. The molecule has 1 heterocycles. The summed E-state index contributed by atoms with van der Waals surface area (Å²) in [6, 6.07) is 0. The largest absolute Gasteiger partial charge is 0.481 e. The number of likely N-dealkylation sites (N-methyl/N-ethyl adjacent to an activating group) is 1. The summed E-state index contributed by atoms with van der Waals surface area (Å²) in [6.07, 6.45) is 6.30. The maximum Gasteiger partial charge on any atom is 0.305 e. The van der Waals surface area contributed by atoms with Crippen LogP contribution in [0.1, 0.15) is 58.3 Å². The molecule has 1 N–H and O–H groups in total. The van der Waals surface area contributed by atoms with Crippen molar-refractivity contribution in [2.24, 2.45) is 0 Å². The van der Waals surface area contributed by atoms with E-state index in [9.17, 15) is 14.7 Å². The average molecular weight is 283 g/mol. The van der Waals surface area contributed by atoms with Gasteiger partial charge in [-0.1, -0.05) is 19.3 Å². The first-order valence-corrected chi connectivity index (χ1v) is 7.54. The lowest BCUT2D eigenvalue weighted by Gasteiger charge is -2.46. The zero-order valence-corrected chi connectivity index (χ0v) is 12.5. The molecule has 1 saturated heterocycles. The van der Waals surface area contributed by atoms with Gasteiger partial charge in [0.2, 0.25) is 0 Å². The van der Waals surface area contributed by atoms with E-state index in [4.69, 9.17) is 4.74 Å². The van der Waals surface area contributed by atoms with Gasteiger partial charge < -0.3 is 14.7 Å². The van der Waals surface area contributed by atoms with Crippen LogP contribution in [0.25, 0.3) is 0 Å². The van der Waals surface area contributed by atoms with Gasteiger partial charge in [-0.25, -0.2) is 0 Å². The van der Waals surface area contributed by atoms with Crippen molar-refractivity contribution in [3.05, 3.63) is 0 Å². The number of aliphatic carboxylic acids is 1. The molecule has 1 saturated carbocycles. The Bertz CT molecular complexity index is 381. The van der Waals surface area contributed by atoms with E-state index < -0.39 is 17.1 Å². The number of hydrogen-bond donors (Lipinski definition) is 1. The fraction of sp³-hybridized carbons (Fsp3) is 0.867. The lowest BCUT2D eigenvalue weighted by molar-refractivity contribution is -0.159. The van der Waals surface area contributed by atoms with Crippen LogP contribution in [-0.2, 0) is 14.3 Å². The van der Waals surface area contributed by atoms with Gasteiger partial charge in [0.05, 0.1) is 12.0 Å². The van der Waals surface area contributed by atoms with Crippen LogP contribution in [-0.4, -0.2) is 46.7 Å². The van der Waals surface area contributed by atoms with Crippen LogP contribution >= 0.6 is 0 Å². The third kappa shape index (κ3) is 2.82. The average Bonchev–Trinajstić information content (AvgIpc) is 2.85. The van der Waals surface area contributed by atoms with Crippen LogP contribution in [0.2, 0.25) is 0 Å². The Balaban J connectivity index is 2.19. The van der Waals surface area contributed by atoms with Crippen molar-refractivity contribution in [1.29, 1.82) is 0 Å². The summed E-state index contributed by atoms with van der Waals surface area (Å²) < 4.78 is 5.63. The highest BCUT2D eigenvalue weighted by Gasteiger charge is 2.47. The van der Waals surface area contributed by atoms with Crippen molar-refractivity contribution >= 4 is 11.9 Å². The fourth-order valence-electron chi connectivity index (χ4n) is 3.64. The molecule has 0 aromatic carbocycles. The van der Waals surface area contributed by atoms with Gasteiger partial charge in [-0.3, -0.25) is 9.59 Å². The molecule has 0 bridgehead atoms. The molecule has 20 heavy (non-hydrogen) atoms. The molecule has 2 fully saturated rings. The number of amides is 1. The van der Waals surface area contributed by atoms with E-state index in [2.05, 4.69) is 0 Å². The highest BCUT2D eigenvalue weighted by Crippen LogP contribution is 2.38. The van der Waals surface area contributed by atoms with Crippen LogP contribution < -0.4 is 0 Å². The minimum absolute atomic E-state index is 0.0331. The summed E-state index contributed by atoms with van der Waals surface area (Å²) in [5, 5.41) is 9.22. The van der Waals surface area contributed by atoms with E-state index in [-0.39, 0.29) is 12.3 Å². The van der Waals surface area contributed by atoms with Gasteiger partial charge in [0.25, 0.3) is 5.91 Å². The van der Waals surface area contributed by atoms with Gasteiger partial charge in [-0.15, -0.1) is 0 Å². The molecule has 0 aromatic heterocycles. The van der Waals surface area contributed by atoms with Crippen LogP contribution in [0.3, 0.4) is 0 Å². The summed E-state index contributed by atoms with van der Waals surface area (Å²) >= 11 is 0. The monoisotopic (exact) mass is 283 g/mol. The van der Waals surface area contributed by atoms with Crippen LogP contribution in [0.4, 0.5) is 0 Å². The van der Waals surface area contributed by atoms with Gasteiger partial charge in [0.15, 0.2) is 0 Å². The fourth-order valence-corrected chi connectivity index (χ4v) is 3.64. The molecule has 2 rings (SSSR count). The lowest BCUT2D eigenvalue weighted by atomic mass is 9.77. The first-order valence-electron chi connectivity index (χ1n) is 7.54. The molecule has 2 aliphatic rings. The lowest BCUT2D eigenvalue weighted by Crippen LogP contribution is -2.57. The van der Waals surface area contributed by atoms with Crippen molar-refractivity contribution in [1.82, 2.24) is 4.90 Å². The third-order valence-electron chi connectivity index (χ3n) is 4.95. The second kappa shape index (κ2) is 5.72. The predicted molar refractivity (Wildman–Crippen MR) is 74.4 cm³/mol. The number of ether oxygens (including phenoxy) is 1. The summed E-state index contributed by atoms with van der Waals surface area (Å²) in [6.45, 7) is 2.44. The molecular weight excluding hydrogens is 258 g/mol. The Labute approximate surface area is 120 Å². The van der Waals surface area contributed by atoms with E-state index in [1.165, 1.54) is 0 Å². The molecule has 1 aliphatic carbocycles. The van der Waals surface area contributed by atoms with Crippen molar-refractivity contribution in [3.8, 4) is 0 Å². The number of carboxylic acids is 1. The van der Waals surface area contributed by atoms with Crippen molar-refractivity contribution in [2.45, 2.75) is 69.4 Å². The zero-order chi connectivity index (χ0) is 14.8. The summed E-state index contributed by atoms with van der Waals surface area (Å²) in [4.78, 5) is 25.7. The molecule has 114 valence electrons. The predicted octanol–water partition coefficient (Wildman–Crippen LogP) is 2.19. The molecule has 0 radical (unpaired) electrons. The van der Waals surface area contributed by atoms with Crippen molar-refractivity contribution in [3.63, 3.8) is 0 Å². The van der Waals surface area contributed by atoms with Gasteiger partial charge >= 0.3 is 5.97 Å². The number of carboxylic acid groups (broad SMARTS) is 1. The first kappa shape index (κ1) is 15.3. The van der Waals surface area contributed by atoms with E-state index in [1.54, 1.807) is 11.9 Å². The highest BCUT2D eigenvalue weighted by atomic mass is 16.5. The minimum atomic E-state index is -0.830. The van der Waals surface area contributed by atoms with E-state index in [0.29, 0.717) is 6.61 Å². The van der Waals surface area contributed by atoms with Gasteiger partial charge in [-0.2, -0.15) is 0 Å². The Morgan fingerprint density at radius 2 is 1.80 bits per heavy atom. The van der Waals surface area contributed by atoms with Gasteiger partial charge in [0, 0.05) is 13.7 Å². The standard InChI is InChI=1S/C15H25NO4/c1-14(7-6-10-20-14)13(19)16(2)15(11-12(17)18)8-4-3-5-9-15/h3-11H2,1-2H3,(H,17,18). The van der Waals surface area contributed by atoms with Crippen LogP contribution in [0, 0.1) is 0 Å². The normalized spacial score (nSPS) is 29.1. The number of hydrogen-bond acceptors (Lipinski definition) is 3. The second-order valence-corrected chi connectivity index (χ2v) is 6.40. The maximum absolute atomic E-state index is 12.8. The Morgan fingerprint density at radius 3 is 2.30 bits per heavy atom.